The molecular formula is C8H17N5O2S. The van der Waals surface area contributed by atoms with Crippen LogP contribution in [-0.2, 0) is 10.0 Å². The van der Waals surface area contributed by atoms with Crippen LogP contribution in [0.2, 0.25) is 0 Å². The van der Waals surface area contributed by atoms with E-state index in [9.17, 15) is 8.42 Å². The Balaban J connectivity index is 2.66. The maximum absolute atomic E-state index is 11.8. The van der Waals surface area contributed by atoms with Crippen LogP contribution in [0, 0.1) is 0 Å². The Morgan fingerprint density at radius 1 is 1.50 bits per heavy atom. The molecule has 1 aromatic heterocycles. The van der Waals surface area contributed by atoms with Crippen molar-refractivity contribution in [3.63, 3.8) is 0 Å². The molecule has 1 rings (SSSR count). The molecular weight excluding hydrogens is 230 g/mol. The van der Waals surface area contributed by atoms with Gasteiger partial charge in [-0.3, -0.25) is 5.10 Å². The molecule has 0 aromatic carbocycles. The average molecular weight is 247 g/mol. The van der Waals surface area contributed by atoms with Crippen molar-refractivity contribution in [1.29, 1.82) is 0 Å². The Hall–Kier alpha value is -0.990. The summed E-state index contributed by atoms with van der Waals surface area (Å²) in [6.07, 6.45) is 1.34. The molecule has 0 saturated carbocycles. The van der Waals surface area contributed by atoms with Gasteiger partial charge in [-0.15, -0.1) is 0 Å². The van der Waals surface area contributed by atoms with Gasteiger partial charge in [0.05, 0.1) is 11.3 Å². The van der Waals surface area contributed by atoms with Crippen molar-refractivity contribution >= 4 is 10.0 Å². The molecule has 0 bridgehead atoms. The monoisotopic (exact) mass is 247 g/mol. The minimum Gasteiger partial charge on any atom is -0.318 e. The van der Waals surface area contributed by atoms with E-state index in [0.29, 0.717) is 12.4 Å². The van der Waals surface area contributed by atoms with Crippen LogP contribution >= 0.6 is 0 Å². The second-order valence-corrected chi connectivity index (χ2v) is 5.75. The van der Waals surface area contributed by atoms with Gasteiger partial charge in [-0.2, -0.15) is 5.10 Å². The molecule has 0 aliphatic rings. The first kappa shape index (κ1) is 13.1. The van der Waals surface area contributed by atoms with E-state index in [0.717, 1.165) is 0 Å². The number of aromatic nitrogens is 3. The fourth-order valence-corrected chi connectivity index (χ4v) is 2.46. The number of hydrogen-bond acceptors (Lipinski definition) is 5. The van der Waals surface area contributed by atoms with Crippen molar-refractivity contribution in [2.75, 3.05) is 13.6 Å². The number of hydrogen-bond donors (Lipinski definition) is 3. The minimum absolute atomic E-state index is 0.401. The number of sulfonamides is 1. The molecule has 92 valence electrons. The topological polar surface area (TPSA) is 99.8 Å². The lowest BCUT2D eigenvalue weighted by atomic mass is 10.3. The summed E-state index contributed by atoms with van der Waals surface area (Å²) >= 11 is 0. The van der Waals surface area contributed by atoms with Gasteiger partial charge in [0.2, 0.25) is 10.0 Å². The maximum atomic E-state index is 11.8. The molecule has 3 N–H and O–H groups in total. The number of nitrogens with zero attached hydrogens (tertiary/aromatic N) is 2. The van der Waals surface area contributed by atoms with Crippen molar-refractivity contribution in [1.82, 2.24) is 25.2 Å². The molecule has 2 unspecified atom stereocenters. The van der Waals surface area contributed by atoms with Gasteiger partial charge in [-0.25, -0.2) is 18.1 Å². The van der Waals surface area contributed by atoms with E-state index in [4.69, 9.17) is 0 Å². The fraction of sp³-hybridized carbons (Fsp3) is 0.750. The van der Waals surface area contributed by atoms with Gasteiger partial charge in [0.15, 0.2) is 0 Å². The van der Waals surface area contributed by atoms with Gasteiger partial charge in [0.25, 0.3) is 0 Å². The molecule has 16 heavy (non-hydrogen) atoms. The van der Waals surface area contributed by atoms with E-state index in [2.05, 4.69) is 25.2 Å². The van der Waals surface area contributed by atoms with Crippen LogP contribution in [0.25, 0.3) is 0 Å². The Bertz CT molecular complexity index is 402. The van der Waals surface area contributed by atoms with E-state index in [1.54, 1.807) is 20.9 Å². The van der Waals surface area contributed by atoms with E-state index < -0.39 is 21.3 Å². The summed E-state index contributed by atoms with van der Waals surface area (Å²) in [4.78, 5) is 3.90. The summed E-state index contributed by atoms with van der Waals surface area (Å²) in [7, 11) is -1.63. The van der Waals surface area contributed by atoms with Crippen LogP contribution in [0.1, 0.15) is 25.7 Å². The third-order valence-corrected chi connectivity index (χ3v) is 4.11. The van der Waals surface area contributed by atoms with Crippen molar-refractivity contribution < 1.29 is 8.42 Å². The Morgan fingerprint density at radius 3 is 2.69 bits per heavy atom. The molecule has 0 aliphatic carbocycles. The van der Waals surface area contributed by atoms with Crippen molar-refractivity contribution in [3.05, 3.63) is 12.2 Å². The standard InChI is InChI=1S/C8H17N5O2S/c1-6(4-9-3)16(14,15)13-7(2)8-10-5-11-12-8/h5-7,9,13H,4H2,1-3H3,(H,10,11,12). The predicted octanol–water partition coefficient (Wildman–Crippen LogP) is -0.607. The van der Waals surface area contributed by atoms with Crippen molar-refractivity contribution in [2.24, 2.45) is 0 Å². The summed E-state index contributed by atoms with van der Waals surface area (Å²) in [6.45, 7) is 3.76. The first-order chi connectivity index (χ1) is 7.47. The lowest BCUT2D eigenvalue weighted by Gasteiger charge is -2.16. The highest BCUT2D eigenvalue weighted by Gasteiger charge is 2.23. The molecule has 0 amide bonds. The zero-order chi connectivity index (χ0) is 12.2. The summed E-state index contributed by atoms with van der Waals surface area (Å²) in [5, 5.41) is 8.63. The largest absolute Gasteiger partial charge is 0.318 e. The SMILES string of the molecule is CNCC(C)S(=O)(=O)NC(C)c1ncn[nH]1. The third kappa shape index (κ3) is 3.26. The lowest BCUT2D eigenvalue weighted by Crippen LogP contribution is -2.39. The van der Waals surface area contributed by atoms with Gasteiger partial charge in [-0.05, 0) is 20.9 Å². The second-order valence-electron chi connectivity index (χ2n) is 3.62. The van der Waals surface area contributed by atoms with Gasteiger partial charge >= 0.3 is 0 Å². The highest BCUT2D eigenvalue weighted by molar-refractivity contribution is 7.90. The second kappa shape index (κ2) is 5.37. The van der Waals surface area contributed by atoms with Gasteiger partial charge in [-0.1, -0.05) is 0 Å². The average Bonchev–Trinajstić information content (AvgIpc) is 2.70. The van der Waals surface area contributed by atoms with E-state index >= 15 is 0 Å². The number of H-pyrrole nitrogens is 1. The Labute approximate surface area is 95.1 Å². The highest BCUT2D eigenvalue weighted by atomic mass is 32.2. The normalized spacial score (nSPS) is 15.9. The van der Waals surface area contributed by atoms with Crippen LogP contribution in [-0.4, -0.2) is 42.4 Å². The van der Waals surface area contributed by atoms with E-state index in [-0.39, 0.29) is 0 Å². The first-order valence-corrected chi connectivity index (χ1v) is 6.53. The van der Waals surface area contributed by atoms with Gasteiger partial charge < -0.3 is 5.32 Å². The van der Waals surface area contributed by atoms with E-state index in [1.165, 1.54) is 6.33 Å². The smallest absolute Gasteiger partial charge is 0.216 e. The quantitative estimate of drug-likeness (QED) is 0.623. The molecule has 0 aliphatic heterocycles. The zero-order valence-corrected chi connectivity index (χ0v) is 10.4. The minimum atomic E-state index is -3.35. The van der Waals surface area contributed by atoms with Crippen LogP contribution in [0.5, 0.6) is 0 Å². The third-order valence-electron chi connectivity index (χ3n) is 2.21. The van der Waals surface area contributed by atoms with Gasteiger partial charge in [0, 0.05) is 6.54 Å². The molecule has 1 heterocycles. The van der Waals surface area contributed by atoms with Crippen molar-refractivity contribution in [2.45, 2.75) is 25.1 Å². The zero-order valence-electron chi connectivity index (χ0n) is 9.56. The number of aromatic amines is 1. The highest BCUT2D eigenvalue weighted by Crippen LogP contribution is 2.08. The lowest BCUT2D eigenvalue weighted by molar-refractivity contribution is 0.544. The Kier molecular flexibility index (Phi) is 4.39. The number of nitrogens with one attached hydrogen (secondary N) is 3. The molecule has 0 radical (unpaired) electrons. The summed E-state index contributed by atoms with van der Waals surface area (Å²) in [5.41, 5.74) is 0. The summed E-state index contributed by atoms with van der Waals surface area (Å²) < 4.78 is 26.2. The Morgan fingerprint density at radius 2 is 2.19 bits per heavy atom. The molecule has 7 nitrogen and oxygen atoms in total. The molecule has 0 spiro atoms. The maximum Gasteiger partial charge on any atom is 0.216 e. The van der Waals surface area contributed by atoms with Crippen LogP contribution < -0.4 is 10.0 Å². The summed E-state index contributed by atoms with van der Waals surface area (Å²) in [6, 6.07) is -0.410. The molecule has 1 aromatic rings. The molecule has 2 atom stereocenters. The molecule has 8 heteroatoms. The van der Waals surface area contributed by atoms with E-state index in [1.807, 2.05) is 0 Å². The molecule has 0 saturated heterocycles. The number of rotatable bonds is 6. The first-order valence-electron chi connectivity index (χ1n) is 4.98. The van der Waals surface area contributed by atoms with Crippen LogP contribution in [0.4, 0.5) is 0 Å². The predicted molar refractivity (Wildman–Crippen MR) is 60.2 cm³/mol. The van der Waals surface area contributed by atoms with Crippen molar-refractivity contribution in [3.8, 4) is 0 Å². The van der Waals surface area contributed by atoms with Crippen LogP contribution in [0.3, 0.4) is 0 Å². The van der Waals surface area contributed by atoms with Gasteiger partial charge in [0.1, 0.15) is 12.2 Å². The molecule has 0 fully saturated rings. The fourth-order valence-electron chi connectivity index (χ4n) is 1.24. The summed E-state index contributed by atoms with van der Waals surface area (Å²) in [5.74, 6) is 0.500. The van der Waals surface area contributed by atoms with Crippen LogP contribution in [0.15, 0.2) is 6.33 Å².